The van der Waals surface area contributed by atoms with E-state index in [1.165, 1.54) is 6.07 Å². The summed E-state index contributed by atoms with van der Waals surface area (Å²) in [5.74, 6) is 0.964. The molecule has 1 N–H and O–H groups in total. The van der Waals surface area contributed by atoms with Gasteiger partial charge in [-0.2, -0.15) is 8.78 Å². The number of fused-ring (bicyclic) bond motifs is 9. The summed E-state index contributed by atoms with van der Waals surface area (Å²) < 4.78 is 39.3. The monoisotopic (exact) mass is 602 g/mol. The summed E-state index contributed by atoms with van der Waals surface area (Å²) >= 11 is 0. The van der Waals surface area contributed by atoms with Gasteiger partial charge in [0, 0.05) is 42.6 Å². The van der Waals surface area contributed by atoms with Gasteiger partial charge in [0.05, 0.1) is 23.1 Å². The number of carbonyl (C=O) groups excluding carboxylic acids is 2. The highest BCUT2D eigenvalue weighted by Crippen LogP contribution is 2.50. The fourth-order valence-corrected chi connectivity index (χ4v) is 6.62. The molecule has 44 heavy (non-hydrogen) atoms. The maximum absolute atomic E-state index is 13.4. The minimum absolute atomic E-state index is 0.00958. The van der Waals surface area contributed by atoms with E-state index in [-0.39, 0.29) is 17.7 Å². The van der Waals surface area contributed by atoms with Crippen LogP contribution in [0.1, 0.15) is 86.1 Å². The van der Waals surface area contributed by atoms with Crippen molar-refractivity contribution < 1.29 is 27.8 Å². The third kappa shape index (κ3) is 4.54. The Hall–Kier alpha value is -4.61. The SMILES string of the molecule is CN1C(=O)c2cccc(OC(F)F)c2C2CC1c1nc3ccc(-c4cnc(C5(NC(=O)OC(C)(C)C)CCC5)nc4)cc3n12. The van der Waals surface area contributed by atoms with E-state index in [2.05, 4.69) is 15.3 Å². The van der Waals surface area contributed by atoms with Crippen LogP contribution in [0.2, 0.25) is 0 Å². The third-order valence-electron chi connectivity index (χ3n) is 8.77. The quantitative estimate of drug-likeness (QED) is 0.293. The molecule has 12 heteroatoms. The fraction of sp³-hybridized carbons (Fsp3) is 0.406. The van der Waals surface area contributed by atoms with Crippen LogP contribution in [0.4, 0.5) is 13.6 Å². The van der Waals surface area contributed by atoms with Crippen LogP contribution >= 0.6 is 0 Å². The minimum Gasteiger partial charge on any atom is -0.444 e. The molecule has 4 heterocycles. The standard InChI is InChI=1S/C32H32F2N6O4/c1-31(2,3)44-30(42)38-32(11-6-12-32)28-35-15-18(16-36-28)17-9-10-20-21(13-17)40-22-14-23(26(40)37-20)39(4)27(41)19-7-5-8-24(25(19)22)43-29(33)34/h5,7-10,13,15-16,22-23,29H,6,11-12,14H2,1-4H3,(H,38,42). The molecule has 3 aliphatic rings. The zero-order valence-electron chi connectivity index (χ0n) is 24.8. The molecule has 228 valence electrons. The summed E-state index contributed by atoms with van der Waals surface area (Å²) in [6.45, 7) is 2.43. The van der Waals surface area contributed by atoms with Gasteiger partial charge < -0.3 is 24.3 Å². The summed E-state index contributed by atoms with van der Waals surface area (Å²) in [4.78, 5) is 41.7. The topological polar surface area (TPSA) is 111 Å². The van der Waals surface area contributed by atoms with Gasteiger partial charge in [0.15, 0.2) is 5.82 Å². The smallest absolute Gasteiger partial charge is 0.408 e. The normalized spacial score (nSPS) is 20.2. The second kappa shape index (κ2) is 9.96. The van der Waals surface area contributed by atoms with Gasteiger partial charge in [0.1, 0.15) is 22.7 Å². The van der Waals surface area contributed by atoms with Crippen molar-refractivity contribution in [1.29, 1.82) is 0 Å². The number of rotatable bonds is 5. The molecule has 2 atom stereocenters. The molecule has 2 aliphatic heterocycles. The van der Waals surface area contributed by atoms with Crippen LogP contribution < -0.4 is 10.1 Å². The van der Waals surface area contributed by atoms with E-state index in [9.17, 15) is 18.4 Å². The first-order chi connectivity index (χ1) is 20.9. The maximum atomic E-state index is 13.4. The number of nitrogens with zero attached hydrogens (tertiary/aromatic N) is 5. The Kier molecular flexibility index (Phi) is 6.38. The second-order valence-electron chi connectivity index (χ2n) is 12.7. The molecule has 0 radical (unpaired) electrons. The Balaban J connectivity index is 1.25. The van der Waals surface area contributed by atoms with Crippen molar-refractivity contribution in [2.45, 2.75) is 76.3 Å². The summed E-state index contributed by atoms with van der Waals surface area (Å²) in [6.07, 6.45) is 5.85. The van der Waals surface area contributed by atoms with Crippen LogP contribution in [0, 0.1) is 0 Å². The molecule has 0 spiro atoms. The number of hydrogen-bond acceptors (Lipinski definition) is 7. The van der Waals surface area contributed by atoms with Gasteiger partial charge in [-0.1, -0.05) is 12.1 Å². The lowest BCUT2D eigenvalue weighted by Crippen LogP contribution is -2.53. The number of carbonyl (C=O) groups is 2. The number of aromatic nitrogens is 4. The molecule has 1 aliphatic carbocycles. The van der Waals surface area contributed by atoms with Gasteiger partial charge in [-0.3, -0.25) is 4.79 Å². The van der Waals surface area contributed by atoms with Crippen molar-refractivity contribution in [3.05, 3.63) is 71.6 Å². The fourth-order valence-electron chi connectivity index (χ4n) is 6.62. The Bertz CT molecular complexity index is 1800. The van der Waals surface area contributed by atoms with Gasteiger partial charge in [-0.05, 0) is 69.9 Å². The first kappa shape index (κ1) is 28.2. The molecule has 1 fully saturated rings. The van der Waals surface area contributed by atoms with E-state index in [1.807, 2.05) is 43.5 Å². The van der Waals surface area contributed by atoms with E-state index in [1.54, 1.807) is 36.5 Å². The predicted octanol–water partition coefficient (Wildman–Crippen LogP) is 6.12. The summed E-state index contributed by atoms with van der Waals surface area (Å²) in [6, 6.07) is 9.76. The van der Waals surface area contributed by atoms with Crippen LogP contribution in [0.5, 0.6) is 5.75 Å². The predicted molar refractivity (Wildman–Crippen MR) is 156 cm³/mol. The van der Waals surface area contributed by atoms with E-state index >= 15 is 0 Å². The van der Waals surface area contributed by atoms with Crippen molar-refractivity contribution in [3.8, 4) is 16.9 Å². The summed E-state index contributed by atoms with van der Waals surface area (Å²) in [5, 5.41) is 2.99. The largest absolute Gasteiger partial charge is 0.444 e. The van der Waals surface area contributed by atoms with Crippen LogP contribution in [0.15, 0.2) is 48.8 Å². The van der Waals surface area contributed by atoms with Crippen molar-refractivity contribution in [1.82, 2.24) is 29.7 Å². The number of alkyl carbamates (subject to hydrolysis) is 1. The second-order valence-corrected chi connectivity index (χ2v) is 12.7. The van der Waals surface area contributed by atoms with Crippen molar-refractivity contribution in [2.24, 2.45) is 0 Å². The van der Waals surface area contributed by atoms with Gasteiger partial charge >= 0.3 is 12.7 Å². The van der Waals surface area contributed by atoms with E-state index in [0.29, 0.717) is 29.2 Å². The lowest BCUT2D eigenvalue weighted by Gasteiger charge is -2.41. The number of ether oxygens (including phenoxy) is 2. The molecule has 2 bridgehead atoms. The molecule has 4 aromatic rings. The Labute approximate surface area is 252 Å². The number of imidazole rings is 1. The van der Waals surface area contributed by atoms with Gasteiger partial charge in [-0.25, -0.2) is 19.7 Å². The van der Waals surface area contributed by atoms with Crippen LogP contribution in [-0.4, -0.2) is 55.7 Å². The number of alkyl halides is 2. The van der Waals surface area contributed by atoms with Gasteiger partial charge in [0.2, 0.25) is 0 Å². The molecule has 2 aromatic carbocycles. The zero-order chi connectivity index (χ0) is 31.0. The van der Waals surface area contributed by atoms with E-state index in [0.717, 1.165) is 41.4 Å². The van der Waals surface area contributed by atoms with Crippen molar-refractivity contribution in [2.75, 3.05) is 7.05 Å². The minimum atomic E-state index is -3.03. The average Bonchev–Trinajstić information content (AvgIpc) is 3.47. The van der Waals surface area contributed by atoms with Crippen LogP contribution in [-0.2, 0) is 10.3 Å². The number of nitrogens with one attached hydrogen (secondary N) is 1. The Morgan fingerprint density at radius 2 is 1.84 bits per heavy atom. The lowest BCUT2D eigenvalue weighted by atomic mass is 9.76. The van der Waals surface area contributed by atoms with E-state index in [4.69, 9.17) is 14.5 Å². The molecule has 10 nitrogen and oxygen atoms in total. The highest BCUT2D eigenvalue weighted by atomic mass is 19.3. The molecule has 2 aromatic heterocycles. The van der Waals surface area contributed by atoms with Gasteiger partial charge in [-0.15, -0.1) is 0 Å². The first-order valence-corrected chi connectivity index (χ1v) is 14.6. The molecule has 1 saturated carbocycles. The Morgan fingerprint density at radius 3 is 2.50 bits per heavy atom. The molecular weight excluding hydrogens is 570 g/mol. The maximum Gasteiger partial charge on any atom is 0.408 e. The first-order valence-electron chi connectivity index (χ1n) is 14.6. The summed E-state index contributed by atoms with van der Waals surface area (Å²) in [7, 11) is 1.71. The lowest BCUT2D eigenvalue weighted by molar-refractivity contribution is -0.0507. The molecule has 2 unspecified atom stereocenters. The van der Waals surface area contributed by atoms with Gasteiger partial charge in [0.25, 0.3) is 5.91 Å². The third-order valence-corrected chi connectivity index (χ3v) is 8.77. The zero-order valence-corrected chi connectivity index (χ0v) is 24.8. The van der Waals surface area contributed by atoms with E-state index < -0.39 is 29.9 Å². The number of amides is 2. The molecule has 0 saturated heterocycles. The number of halogens is 2. The number of hydrogen-bond donors (Lipinski definition) is 1. The van der Waals surface area contributed by atoms with Crippen molar-refractivity contribution >= 4 is 23.0 Å². The van der Waals surface area contributed by atoms with Crippen molar-refractivity contribution in [3.63, 3.8) is 0 Å². The Morgan fingerprint density at radius 1 is 1.09 bits per heavy atom. The molecule has 7 rings (SSSR count). The van der Waals surface area contributed by atoms with Crippen LogP contribution in [0.25, 0.3) is 22.2 Å². The highest BCUT2D eigenvalue weighted by molar-refractivity contribution is 5.98. The summed E-state index contributed by atoms with van der Waals surface area (Å²) in [5.41, 5.74) is 2.64. The van der Waals surface area contributed by atoms with Crippen LogP contribution in [0.3, 0.4) is 0 Å². The molecule has 2 amide bonds. The highest BCUT2D eigenvalue weighted by Gasteiger charge is 2.46. The molecular formula is C32H32F2N6O4. The number of benzene rings is 2. The average molecular weight is 603 g/mol.